The highest BCUT2D eigenvalue weighted by molar-refractivity contribution is 7.10. The van der Waals surface area contributed by atoms with Gasteiger partial charge in [-0.25, -0.2) is 0 Å². The van der Waals surface area contributed by atoms with Crippen LogP contribution in [0.3, 0.4) is 0 Å². The monoisotopic (exact) mass is 303 g/mol. The van der Waals surface area contributed by atoms with Crippen LogP contribution in [0.4, 0.5) is 0 Å². The van der Waals surface area contributed by atoms with Crippen LogP contribution >= 0.6 is 11.3 Å². The maximum Gasteiger partial charge on any atom is 0.0762 e. The number of nitrogens with one attached hydrogen (secondary N) is 1. The average Bonchev–Trinajstić information content (AvgIpc) is 3.17. The molecule has 3 nitrogen and oxygen atoms in total. The smallest absolute Gasteiger partial charge is 0.0762 e. The summed E-state index contributed by atoms with van der Waals surface area (Å²) < 4.78 is 2.19. The lowest BCUT2D eigenvalue weighted by Crippen LogP contribution is -2.16. The highest BCUT2D eigenvalue weighted by atomic mass is 32.1. The van der Waals surface area contributed by atoms with Crippen molar-refractivity contribution in [2.45, 2.75) is 64.6 Å². The molecule has 1 aliphatic carbocycles. The standard InChI is InChI=1S/C17H25N3S/c1-2-14-9-11-21-17(14)13-18-12-15-8-10-20(19-15)16-6-4-3-5-7-16/h8-11,16,18H,2-7,12-13H2,1H3. The summed E-state index contributed by atoms with van der Waals surface area (Å²) in [4.78, 5) is 1.46. The summed E-state index contributed by atoms with van der Waals surface area (Å²) >= 11 is 1.85. The SMILES string of the molecule is CCc1ccsc1CNCc1ccn(C2CCCCC2)n1. The third-order valence-corrected chi connectivity index (χ3v) is 5.39. The molecule has 0 aliphatic heterocycles. The summed E-state index contributed by atoms with van der Waals surface area (Å²) in [7, 11) is 0. The highest BCUT2D eigenvalue weighted by Crippen LogP contribution is 2.27. The largest absolute Gasteiger partial charge is 0.306 e. The normalized spacial score (nSPS) is 16.4. The first kappa shape index (κ1) is 14.8. The summed E-state index contributed by atoms with van der Waals surface area (Å²) in [5.74, 6) is 0. The zero-order valence-corrected chi connectivity index (χ0v) is 13.7. The minimum Gasteiger partial charge on any atom is -0.306 e. The molecule has 0 bridgehead atoms. The van der Waals surface area contributed by atoms with Crippen LogP contribution in [-0.2, 0) is 19.5 Å². The van der Waals surface area contributed by atoms with E-state index in [1.54, 1.807) is 0 Å². The van der Waals surface area contributed by atoms with Crippen molar-refractivity contribution in [1.29, 1.82) is 0 Å². The molecule has 0 atom stereocenters. The van der Waals surface area contributed by atoms with Crippen molar-refractivity contribution in [2.24, 2.45) is 0 Å². The van der Waals surface area contributed by atoms with Gasteiger partial charge in [-0.05, 0) is 42.3 Å². The summed E-state index contributed by atoms with van der Waals surface area (Å²) in [5.41, 5.74) is 2.63. The molecule has 3 rings (SSSR count). The zero-order valence-electron chi connectivity index (χ0n) is 12.8. The predicted octanol–water partition coefficient (Wildman–Crippen LogP) is 4.30. The van der Waals surface area contributed by atoms with Crippen LogP contribution in [0.5, 0.6) is 0 Å². The van der Waals surface area contributed by atoms with Crippen molar-refractivity contribution in [3.05, 3.63) is 39.8 Å². The van der Waals surface area contributed by atoms with Gasteiger partial charge in [-0.2, -0.15) is 5.10 Å². The Hall–Kier alpha value is -1.13. The summed E-state index contributed by atoms with van der Waals surface area (Å²) in [6.07, 6.45) is 9.99. The van der Waals surface area contributed by atoms with Gasteiger partial charge in [0, 0.05) is 24.2 Å². The molecule has 0 amide bonds. The number of hydrogen-bond acceptors (Lipinski definition) is 3. The van der Waals surface area contributed by atoms with Gasteiger partial charge in [-0.15, -0.1) is 11.3 Å². The van der Waals surface area contributed by atoms with Crippen molar-refractivity contribution in [2.75, 3.05) is 0 Å². The Bertz CT molecular complexity index is 552. The van der Waals surface area contributed by atoms with Crippen LogP contribution in [0.15, 0.2) is 23.7 Å². The number of rotatable bonds is 6. The number of nitrogens with zero attached hydrogens (tertiary/aromatic N) is 2. The van der Waals surface area contributed by atoms with Gasteiger partial charge >= 0.3 is 0 Å². The fraction of sp³-hybridized carbons (Fsp3) is 0.588. The molecule has 1 N–H and O–H groups in total. The highest BCUT2D eigenvalue weighted by Gasteiger charge is 2.15. The van der Waals surface area contributed by atoms with Gasteiger partial charge in [0.1, 0.15) is 0 Å². The van der Waals surface area contributed by atoms with Crippen molar-refractivity contribution < 1.29 is 0 Å². The van der Waals surface area contributed by atoms with E-state index >= 15 is 0 Å². The minimum absolute atomic E-state index is 0.636. The molecule has 1 fully saturated rings. The van der Waals surface area contributed by atoms with Crippen LogP contribution in [0.2, 0.25) is 0 Å². The first-order valence-electron chi connectivity index (χ1n) is 8.17. The third kappa shape index (κ3) is 3.74. The Morgan fingerprint density at radius 1 is 1.24 bits per heavy atom. The second-order valence-electron chi connectivity index (χ2n) is 5.91. The Morgan fingerprint density at radius 3 is 2.90 bits per heavy atom. The van der Waals surface area contributed by atoms with Crippen molar-refractivity contribution in [3.63, 3.8) is 0 Å². The van der Waals surface area contributed by atoms with Crippen LogP contribution in [0, 0.1) is 0 Å². The second-order valence-corrected chi connectivity index (χ2v) is 6.91. The molecule has 2 aromatic rings. The molecule has 0 saturated heterocycles. The first-order valence-corrected chi connectivity index (χ1v) is 9.04. The van der Waals surface area contributed by atoms with Crippen LogP contribution in [-0.4, -0.2) is 9.78 Å². The lowest BCUT2D eigenvalue weighted by atomic mass is 9.96. The van der Waals surface area contributed by atoms with Gasteiger partial charge in [0.25, 0.3) is 0 Å². The number of aryl methyl sites for hydroxylation is 1. The molecule has 4 heteroatoms. The van der Waals surface area contributed by atoms with Gasteiger partial charge < -0.3 is 5.32 Å². The number of thiophene rings is 1. The van der Waals surface area contributed by atoms with E-state index in [1.807, 2.05) is 11.3 Å². The molecule has 114 valence electrons. The average molecular weight is 303 g/mol. The second kappa shape index (κ2) is 7.23. The molecule has 1 aliphatic rings. The fourth-order valence-corrected chi connectivity index (χ4v) is 4.11. The van der Waals surface area contributed by atoms with E-state index in [-0.39, 0.29) is 0 Å². The lowest BCUT2D eigenvalue weighted by Gasteiger charge is -2.21. The van der Waals surface area contributed by atoms with Crippen molar-refractivity contribution in [1.82, 2.24) is 15.1 Å². The van der Waals surface area contributed by atoms with Crippen molar-refractivity contribution in [3.8, 4) is 0 Å². The lowest BCUT2D eigenvalue weighted by molar-refractivity contribution is 0.327. The first-order chi connectivity index (χ1) is 10.4. The Morgan fingerprint density at radius 2 is 2.10 bits per heavy atom. The van der Waals surface area contributed by atoms with Gasteiger partial charge in [0.05, 0.1) is 11.7 Å². The molecule has 0 aromatic carbocycles. The maximum absolute atomic E-state index is 4.75. The van der Waals surface area contributed by atoms with Gasteiger partial charge in [-0.1, -0.05) is 26.2 Å². The van der Waals surface area contributed by atoms with Gasteiger partial charge in [0.15, 0.2) is 0 Å². The van der Waals surface area contributed by atoms with Crippen LogP contribution < -0.4 is 5.32 Å². The van der Waals surface area contributed by atoms with Gasteiger partial charge in [0.2, 0.25) is 0 Å². The molecule has 21 heavy (non-hydrogen) atoms. The molecule has 0 unspecified atom stereocenters. The van der Waals surface area contributed by atoms with Crippen molar-refractivity contribution >= 4 is 11.3 Å². The van der Waals surface area contributed by atoms with Crippen LogP contribution in [0.25, 0.3) is 0 Å². The molecule has 2 heterocycles. The molecule has 0 radical (unpaired) electrons. The predicted molar refractivity (Wildman–Crippen MR) is 88.6 cm³/mol. The Labute approximate surface area is 131 Å². The topological polar surface area (TPSA) is 29.9 Å². The Kier molecular flexibility index (Phi) is 5.09. The summed E-state index contributed by atoms with van der Waals surface area (Å²) in [6, 6.07) is 5.03. The third-order valence-electron chi connectivity index (χ3n) is 4.42. The maximum atomic E-state index is 4.75. The number of hydrogen-bond donors (Lipinski definition) is 1. The molecular formula is C17H25N3S. The Balaban J connectivity index is 1.50. The van der Waals surface area contributed by atoms with Gasteiger partial charge in [-0.3, -0.25) is 4.68 Å². The van der Waals surface area contributed by atoms with E-state index in [2.05, 4.69) is 40.6 Å². The molecule has 2 aromatic heterocycles. The van der Waals surface area contributed by atoms with E-state index < -0.39 is 0 Å². The summed E-state index contributed by atoms with van der Waals surface area (Å²) in [5, 5.41) is 10.5. The summed E-state index contributed by atoms with van der Waals surface area (Å²) in [6.45, 7) is 4.04. The van der Waals surface area contributed by atoms with Crippen LogP contribution in [0.1, 0.15) is 61.2 Å². The minimum atomic E-state index is 0.636. The van der Waals surface area contributed by atoms with E-state index in [0.717, 1.165) is 25.2 Å². The fourth-order valence-electron chi connectivity index (χ4n) is 3.16. The van der Waals surface area contributed by atoms with E-state index in [1.165, 1.54) is 42.5 Å². The quantitative estimate of drug-likeness (QED) is 0.862. The molecule has 0 spiro atoms. The molecule has 1 saturated carbocycles. The number of aromatic nitrogens is 2. The molecular weight excluding hydrogens is 278 g/mol. The zero-order chi connectivity index (χ0) is 14.5. The van der Waals surface area contributed by atoms with E-state index in [9.17, 15) is 0 Å². The van der Waals surface area contributed by atoms with E-state index in [0.29, 0.717) is 6.04 Å². The van der Waals surface area contributed by atoms with E-state index in [4.69, 9.17) is 5.10 Å².